The largest absolute Gasteiger partial charge is 0.396 e. The topological polar surface area (TPSA) is 58.6 Å². The molecule has 0 aliphatic carbocycles. The Morgan fingerprint density at radius 2 is 2.29 bits per heavy atom. The second kappa shape index (κ2) is 5.62. The van der Waals surface area contributed by atoms with Crippen molar-refractivity contribution >= 4 is 17.2 Å². The lowest BCUT2D eigenvalue weighted by atomic mass is 9.81. The van der Waals surface area contributed by atoms with Crippen LogP contribution >= 0.6 is 11.3 Å². The number of thiophene rings is 1. The molecule has 1 aromatic rings. The lowest BCUT2D eigenvalue weighted by molar-refractivity contribution is -0.0146. The van der Waals surface area contributed by atoms with E-state index in [9.17, 15) is 9.90 Å². The quantitative estimate of drug-likeness (QED) is 0.851. The number of rotatable bonds is 4. The Morgan fingerprint density at radius 3 is 2.88 bits per heavy atom. The Hall–Kier alpha value is -0.910. The van der Waals surface area contributed by atoms with Gasteiger partial charge in [0.25, 0.3) is 5.91 Å². The minimum atomic E-state index is -0.204. The van der Waals surface area contributed by atoms with Gasteiger partial charge in [0.1, 0.15) is 0 Å². The van der Waals surface area contributed by atoms with Gasteiger partial charge in [0.05, 0.1) is 6.61 Å². The third-order valence-corrected chi connectivity index (χ3v) is 3.98. The molecule has 2 N–H and O–H groups in total. The summed E-state index contributed by atoms with van der Waals surface area (Å²) in [5.74, 6) is -0.0643. The van der Waals surface area contributed by atoms with E-state index in [-0.39, 0.29) is 17.9 Å². The first-order chi connectivity index (χ1) is 8.26. The maximum absolute atomic E-state index is 11.8. The van der Waals surface area contributed by atoms with E-state index in [1.807, 2.05) is 10.8 Å². The summed E-state index contributed by atoms with van der Waals surface area (Å²) < 4.78 is 5.28. The molecule has 0 atom stereocenters. The molecule has 5 heteroatoms. The molecule has 2 rings (SSSR count). The SMILES string of the molecule is O=C(NCC1(CO)CCOCC1)c1ccsc1. The highest BCUT2D eigenvalue weighted by molar-refractivity contribution is 7.08. The summed E-state index contributed by atoms with van der Waals surface area (Å²) in [6.45, 7) is 1.94. The van der Waals surface area contributed by atoms with Crippen LogP contribution in [0.25, 0.3) is 0 Å². The molecule has 1 fully saturated rings. The maximum Gasteiger partial charge on any atom is 0.252 e. The van der Waals surface area contributed by atoms with Crippen LogP contribution in [0.3, 0.4) is 0 Å². The molecule has 0 bridgehead atoms. The number of amides is 1. The summed E-state index contributed by atoms with van der Waals surface area (Å²) >= 11 is 1.50. The fraction of sp³-hybridized carbons (Fsp3) is 0.583. The van der Waals surface area contributed by atoms with Gasteiger partial charge >= 0.3 is 0 Å². The Balaban J connectivity index is 1.89. The van der Waals surface area contributed by atoms with Gasteiger partial charge in [-0.05, 0) is 24.3 Å². The van der Waals surface area contributed by atoms with Crippen molar-refractivity contribution < 1.29 is 14.6 Å². The van der Waals surface area contributed by atoms with E-state index in [0.717, 1.165) is 12.8 Å². The standard InChI is InChI=1S/C12H17NO3S/c14-9-12(2-4-16-5-3-12)8-13-11(15)10-1-6-17-7-10/h1,6-7,14H,2-5,8-9H2,(H,13,15). The lowest BCUT2D eigenvalue weighted by Gasteiger charge is -2.35. The second-order valence-electron chi connectivity index (χ2n) is 4.47. The first kappa shape index (κ1) is 12.5. The number of hydrogen-bond donors (Lipinski definition) is 2. The van der Waals surface area contributed by atoms with E-state index >= 15 is 0 Å². The summed E-state index contributed by atoms with van der Waals surface area (Å²) in [6.07, 6.45) is 1.60. The third kappa shape index (κ3) is 3.06. The van der Waals surface area contributed by atoms with Crippen LogP contribution in [0.4, 0.5) is 0 Å². The van der Waals surface area contributed by atoms with Crippen LogP contribution in [0.5, 0.6) is 0 Å². The van der Waals surface area contributed by atoms with E-state index in [4.69, 9.17) is 4.74 Å². The van der Waals surface area contributed by atoms with Gasteiger partial charge in [0, 0.05) is 36.1 Å². The Labute approximate surface area is 105 Å². The Morgan fingerprint density at radius 1 is 1.53 bits per heavy atom. The Bertz CT molecular complexity index is 358. The molecule has 1 aromatic heterocycles. The highest BCUT2D eigenvalue weighted by atomic mass is 32.1. The monoisotopic (exact) mass is 255 g/mol. The first-order valence-electron chi connectivity index (χ1n) is 5.75. The molecule has 1 aliphatic rings. The smallest absolute Gasteiger partial charge is 0.252 e. The third-order valence-electron chi connectivity index (χ3n) is 3.30. The summed E-state index contributed by atoms with van der Waals surface area (Å²) in [5, 5.41) is 16.1. The van der Waals surface area contributed by atoms with Crippen LogP contribution in [0.1, 0.15) is 23.2 Å². The van der Waals surface area contributed by atoms with Crippen molar-refractivity contribution in [1.82, 2.24) is 5.32 Å². The summed E-state index contributed by atoms with van der Waals surface area (Å²) in [5.41, 5.74) is 0.486. The molecule has 0 unspecified atom stereocenters. The average molecular weight is 255 g/mol. The van der Waals surface area contributed by atoms with Crippen molar-refractivity contribution in [3.05, 3.63) is 22.4 Å². The van der Waals surface area contributed by atoms with Crippen LogP contribution in [-0.2, 0) is 4.74 Å². The van der Waals surface area contributed by atoms with E-state index in [2.05, 4.69) is 5.32 Å². The van der Waals surface area contributed by atoms with E-state index < -0.39 is 0 Å². The molecule has 0 spiro atoms. The van der Waals surface area contributed by atoms with Crippen LogP contribution < -0.4 is 5.32 Å². The fourth-order valence-electron chi connectivity index (χ4n) is 1.96. The fourth-order valence-corrected chi connectivity index (χ4v) is 2.59. The molecule has 4 nitrogen and oxygen atoms in total. The van der Waals surface area contributed by atoms with Gasteiger partial charge < -0.3 is 15.2 Å². The van der Waals surface area contributed by atoms with Crippen molar-refractivity contribution in [2.24, 2.45) is 5.41 Å². The zero-order valence-electron chi connectivity index (χ0n) is 9.65. The minimum Gasteiger partial charge on any atom is -0.396 e. The van der Waals surface area contributed by atoms with Gasteiger partial charge in [-0.1, -0.05) is 0 Å². The van der Waals surface area contributed by atoms with Gasteiger partial charge in [-0.2, -0.15) is 11.3 Å². The predicted molar refractivity (Wildman–Crippen MR) is 66.2 cm³/mol. The molecule has 1 aliphatic heterocycles. The number of hydrogen-bond acceptors (Lipinski definition) is 4. The minimum absolute atomic E-state index is 0.0643. The molecular formula is C12H17NO3S. The number of carbonyl (C=O) groups excluding carboxylic acids is 1. The van der Waals surface area contributed by atoms with Gasteiger partial charge in [0.2, 0.25) is 0 Å². The second-order valence-corrected chi connectivity index (χ2v) is 5.25. The maximum atomic E-state index is 11.8. The molecule has 0 aromatic carbocycles. The van der Waals surface area contributed by atoms with Crippen molar-refractivity contribution in [3.8, 4) is 0 Å². The van der Waals surface area contributed by atoms with Crippen LogP contribution in [0, 0.1) is 5.41 Å². The zero-order valence-corrected chi connectivity index (χ0v) is 10.5. The molecule has 1 saturated heterocycles. The van der Waals surface area contributed by atoms with Crippen molar-refractivity contribution in [1.29, 1.82) is 0 Å². The van der Waals surface area contributed by atoms with Gasteiger partial charge in [-0.25, -0.2) is 0 Å². The number of carbonyl (C=O) groups is 1. The number of aliphatic hydroxyl groups is 1. The average Bonchev–Trinajstić information content (AvgIpc) is 2.91. The molecule has 2 heterocycles. The summed E-state index contributed by atoms with van der Waals surface area (Å²) in [6, 6.07) is 1.80. The Kier molecular flexibility index (Phi) is 4.15. The summed E-state index contributed by atoms with van der Waals surface area (Å²) in [7, 11) is 0. The zero-order chi connectivity index (χ0) is 12.1. The molecule has 1 amide bonds. The van der Waals surface area contributed by atoms with Gasteiger partial charge in [0.15, 0.2) is 0 Å². The molecule has 0 radical (unpaired) electrons. The number of nitrogens with one attached hydrogen (secondary N) is 1. The van der Waals surface area contributed by atoms with Crippen molar-refractivity contribution in [3.63, 3.8) is 0 Å². The van der Waals surface area contributed by atoms with Crippen LogP contribution in [0.2, 0.25) is 0 Å². The van der Waals surface area contributed by atoms with E-state index in [0.29, 0.717) is 25.3 Å². The number of ether oxygens (including phenoxy) is 1. The van der Waals surface area contributed by atoms with Gasteiger partial charge in [-0.15, -0.1) is 0 Å². The lowest BCUT2D eigenvalue weighted by Crippen LogP contribution is -2.43. The highest BCUT2D eigenvalue weighted by Gasteiger charge is 2.32. The van der Waals surface area contributed by atoms with E-state index in [1.54, 1.807) is 6.07 Å². The first-order valence-corrected chi connectivity index (χ1v) is 6.69. The van der Waals surface area contributed by atoms with Crippen LogP contribution in [-0.4, -0.2) is 37.4 Å². The summed E-state index contributed by atoms with van der Waals surface area (Å²) in [4.78, 5) is 11.8. The molecule has 94 valence electrons. The predicted octanol–water partition coefficient (Wildman–Crippen LogP) is 1.27. The van der Waals surface area contributed by atoms with Crippen molar-refractivity contribution in [2.45, 2.75) is 12.8 Å². The van der Waals surface area contributed by atoms with Crippen LogP contribution in [0.15, 0.2) is 16.8 Å². The molecule has 17 heavy (non-hydrogen) atoms. The molecule has 0 saturated carbocycles. The normalized spacial score (nSPS) is 18.9. The highest BCUT2D eigenvalue weighted by Crippen LogP contribution is 2.29. The van der Waals surface area contributed by atoms with Gasteiger partial charge in [-0.3, -0.25) is 4.79 Å². The molecular weight excluding hydrogens is 238 g/mol. The van der Waals surface area contributed by atoms with E-state index in [1.165, 1.54) is 11.3 Å². The number of aliphatic hydroxyl groups excluding tert-OH is 1. The van der Waals surface area contributed by atoms with Crippen molar-refractivity contribution in [2.75, 3.05) is 26.4 Å².